The van der Waals surface area contributed by atoms with Crippen LogP contribution in [0.4, 0.5) is 13.2 Å². The second kappa shape index (κ2) is 7.13. The molecule has 2 aromatic carbocycles. The van der Waals surface area contributed by atoms with Crippen LogP contribution in [0, 0.1) is 0 Å². The van der Waals surface area contributed by atoms with Crippen molar-refractivity contribution in [2.75, 3.05) is 20.2 Å². The number of halogens is 3. The average Bonchev–Trinajstić information content (AvgIpc) is 3.28. The van der Waals surface area contributed by atoms with Crippen LogP contribution in [0.15, 0.2) is 53.7 Å². The zero-order valence-corrected chi connectivity index (χ0v) is 15.5. The van der Waals surface area contributed by atoms with Crippen LogP contribution in [-0.4, -0.2) is 36.4 Å². The Labute approximate surface area is 161 Å². The molecule has 2 aliphatic rings. The molecule has 1 unspecified atom stereocenters. The van der Waals surface area contributed by atoms with Crippen molar-refractivity contribution >= 4 is 5.71 Å². The number of likely N-dealkylation sites (tertiary alicyclic amines) is 1. The van der Waals surface area contributed by atoms with Gasteiger partial charge < -0.3 is 9.57 Å². The lowest BCUT2D eigenvalue weighted by atomic mass is 9.93. The molecular formula is C21H21F3N2O2. The molecule has 4 nitrogen and oxygen atoms in total. The quantitative estimate of drug-likeness (QED) is 0.772. The zero-order chi connectivity index (χ0) is 19.8. The third kappa shape index (κ3) is 3.85. The molecular weight excluding hydrogens is 369 g/mol. The molecule has 1 spiro atoms. The molecule has 0 bridgehead atoms. The Morgan fingerprint density at radius 3 is 2.68 bits per heavy atom. The fourth-order valence-corrected chi connectivity index (χ4v) is 3.82. The van der Waals surface area contributed by atoms with E-state index >= 15 is 0 Å². The van der Waals surface area contributed by atoms with E-state index in [1.54, 1.807) is 13.2 Å². The Morgan fingerprint density at radius 1 is 1.18 bits per heavy atom. The number of nitrogens with zero attached hydrogens (tertiary/aromatic N) is 2. The summed E-state index contributed by atoms with van der Waals surface area (Å²) in [6, 6.07) is 13.2. The van der Waals surface area contributed by atoms with Crippen molar-refractivity contribution in [3.63, 3.8) is 0 Å². The van der Waals surface area contributed by atoms with Gasteiger partial charge >= 0.3 is 6.18 Å². The number of methoxy groups -OCH3 is 1. The smallest absolute Gasteiger partial charge is 0.416 e. The summed E-state index contributed by atoms with van der Waals surface area (Å²) in [6.07, 6.45) is -3.04. The number of hydrogen-bond acceptors (Lipinski definition) is 4. The second-order valence-corrected chi connectivity index (χ2v) is 7.38. The highest BCUT2D eigenvalue weighted by Crippen LogP contribution is 2.37. The van der Waals surface area contributed by atoms with E-state index < -0.39 is 17.3 Å². The lowest BCUT2D eigenvalue weighted by molar-refractivity contribution is -0.137. The maximum atomic E-state index is 13.0. The lowest BCUT2D eigenvalue weighted by Gasteiger charge is -2.22. The van der Waals surface area contributed by atoms with Crippen molar-refractivity contribution < 1.29 is 22.7 Å². The molecule has 2 aromatic rings. The van der Waals surface area contributed by atoms with Crippen LogP contribution < -0.4 is 4.74 Å². The number of benzene rings is 2. The predicted molar refractivity (Wildman–Crippen MR) is 99.3 cm³/mol. The molecule has 0 N–H and O–H groups in total. The molecule has 1 saturated heterocycles. The van der Waals surface area contributed by atoms with E-state index in [1.165, 1.54) is 11.6 Å². The molecule has 1 atom stereocenters. The van der Waals surface area contributed by atoms with Crippen molar-refractivity contribution in [3.05, 3.63) is 65.2 Å². The molecule has 2 aliphatic heterocycles. The maximum absolute atomic E-state index is 13.0. The minimum Gasteiger partial charge on any atom is -0.497 e. The SMILES string of the molecule is COc1ccc(CN2CCC3(CC(c4cccc(C(F)(F)F)c4)=NO3)C2)cc1. The Kier molecular flexibility index (Phi) is 4.79. The average molecular weight is 390 g/mol. The van der Waals surface area contributed by atoms with Crippen molar-refractivity contribution in [1.82, 2.24) is 4.90 Å². The third-order valence-corrected chi connectivity index (χ3v) is 5.32. The van der Waals surface area contributed by atoms with E-state index in [4.69, 9.17) is 9.57 Å². The van der Waals surface area contributed by atoms with Gasteiger partial charge in [-0.1, -0.05) is 29.4 Å². The first-order valence-electron chi connectivity index (χ1n) is 9.15. The van der Waals surface area contributed by atoms with Gasteiger partial charge in [-0.2, -0.15) is 13.2 Å². The Hall–Kier alpha value is -2.54. The summed E-state index contributed by atoms with van der Waals surface area (Å²) in [4.78, 5) is 8.03. The summed E-state index contributed by atoms with van der Waals surface area (Å²) in [5.74, 6) is 0.819. The molecule has 0 radical (unpaired) electrons. The first-order valence-corrected chi connectivity index (χ1v) is 9.15. The van der Waals surface area contributed by atoms with Crippen molar-refractivity contribution in [3.8, 4) is 5.75 Å². The van der Waals surface area contributed by atoms with Crippen LogP contribution in [0.3, 0.4) is 0 Å². The first-order chi connectivity index (χ1) is 13.4. The Bertz CT molecular complexity index is 880. The van der Waals surface area contributed by atoms with E-state index in [1.807, 2.05) is 24.3 Å². The molecule has 148 valence electrons. The van der Waals surface area contributed by atoms with Gasteiger partial charge in [-0.3, -0.25) is 4.90 Å². The summed E-state index contributed by atoms with van der Waals surface area (Å²) in [6.45, 7) is 2.34. The fourth-order valence-electron chi connectivity index (χ4n) is 3.82. The topological polar surface area (TPSA) is 34.1 Å². The summed E-state index contributed by atoms with van der Waals surface area (Å²) < 4.78 is 44.1. The normalized spacial score (nSPS) is 22.4. The molecule has 2 heterocycles. The highest BCUT2D eigenvalue weighted by molar-refractivity contribution is 6.01. The highest BCUT2D eigenvalue weighted by atomic mass is 19.4. The van der Waals surface area contributed by atoms with Gasteiger partial charge in [-0.05, 0) is 29.8 Å². The van der Waals surface area contributed by atoms with Crippen molar-refractivity contribution in [2.45, 2.75) is 31.2 Å². The maximum Gasteiger partial charge on any atom is 0.416 e. The number of oxime groups is 1. The van der Waals surface area contributed by atoms with Gasteiger partial charge in [0.25, 0.3) is 0 Å². The molecule has 4 rings (SSSR count). The van der Waals surface area contributed by atoms with Gasteiger partial charge in [0, 0.05) is 38.0 Å². The Morgan fingerprint density at radius 2 is 1.96 bits per heavy atom. The van der Waals surface area contributed by atoms with E-state index in [0.29, 0.717) is 24.2 Å². The minimum atomic E-state index is -4.36. The van der Waals surface area contributed by atoms with Crippen LogP contribution in [0.1, 0.15) is 29.5 Å². The molecule has 1 fully saturated rings. The standard InChI is InChI=1S/C21H21F3N2O2/c1-27-18-7-5-15(6-8-18)13-26-10-9-20(14-26)12-19(25-28-20)16-3-2-4-17(11-16)21(22,23)24/h2-8,11H,9-10,12-14H2,1H3. The molecule has 28 heavy (non-hydrogen) atoms. The van der Waals surface area contributed by atoms with E-state index in [2.05, 4.69) is 10.1 Å². The van der Waals surface area contributed by atoms with Gasteiger partial charge in [0.05, 0.1) is 18.4 Å². The summed E-state index contributed by atoms with van der Waals surface area (Å²) >= 11 is 0. The monoisotopic (exact) mass is 390 g/mol. The third-order valence-electron chi connectivity index (χ3n) is 5.32. The van der Waals surface area contributed by atoms with Gasteiger partial charge in [-0.15, -0.1) is 0 Å². The van der Waals surface area contributed by atoms with Crippen LogP contribution in [0.25, 0.3) is 0 Å². The Balaban J connectivity index is 1.40. The molecule has 0 aliphatic carbocycles. The largest absolute Gasteiger partial charge is 0.497 e. The van der Waals surface area contributed by atoms with Gasteiger partial charge in [0.2, 0.25) is 0 Å². The van der Waals surface area contributed by atoms with Gasteiger partial charge in [0.1, 0.15) is 5.75 Å². The number of hydrogen-bond donors (Lipinski definition) is 0. The van der Waals surface area contributed by atoms with Crippen LogP contribution in [-0.2, 0) is 17.6 Å². The second-order valence-electron chi connectivity index (χ2n) is 7.38. The summed E-state index contributed by atoms with van der Waals surface area (Å²) in [7, 11) is 1.64. The van der Waals surface area contributed by atoms with Gasteiger partial charge in [-0.25, -0.2) is 0 Å². The highest BCUT2D eigenvalue weighted by Gasteiger charge is 2.45. The molecule has 0 saturated carbocycles. The first kappa shape index (κ1) is 18.8. The molecule has 7 heteroatoms. The van der Waals surface area contributed by atoms with E-state index in [9.17, 15) is 13.2 Å². The molecule has 0 amide bonds. The number of alkyl halides is 3. The summed E-state index contributed by atoms with van der Waals surface area (Å²) in [5.41, 5.74) is 1.12. The van der Waals surface area contributed by atoms with E-state index in [-0.39, 0.29) is 0 Å². The minimum absolute atomic E-state index is 0.448. The predicted octanol–water partition coefficient (Wildman–Crippen LogP) is 4.48. The molecule has 0 aromatic heterocycles. The zero-order valence-electron chi connectivity index (χ0n) is 15.5. The number of ether oxygens (including phenoxy) is 1. The van der Waals surface area contributed by atoms with Gasteiger partial charge in [0.15, 0.2) is 5.60 Å². The van der Waals surface area contributed by atoms with Crippen molar-refractivity contribution in [2.24, 2.45) is 5.16 Å². The van der Waals surface area contributed by atoms with E-state index in [0.717, 1.165) is 37.4 Å². The van der Waals surface area contributed by atoms with Crippen molar-refractivity contribution in [1.29, 1.82) is 0 Å². The van der Waals surface area contributed by atoms with Crippen LogP contribution in [0.5, 0.6) is 5.75 Å². The fraction of sp³-hybridized carbons (Fsp3) is 0.381. The van der Waals surface area contributed by atoms with Crippen LogP contribution >= 0.6 is 0 Å². The van der Waals surface area contributed by atoms with Crippen LogP contribution in [0.2, 0.25) is 0 Å². The lowest BCUT2D eigenvalue weighted by Crippen LogP contribution is -2.33. The summed E-state index contributed by atoms with van der Waals surface area (Å²) in [5, 5.41) is 4.13. The number of rotatable bonds is 4.